The van der Waals surface area contributed by atoms with Crippen molar-refractivity contribution in [2.24, 2.45) is 0 Å². The minimum atomic E-state index is -0.443. The van der Waals surface area contributed by atoms with Crippen LogP contribution in [0.1, 0.15) is 27.7 Å². The van der Waals surface area contributed by atoms with Crippen LogP contribution in [-0.2, 0) is 9.47 Å². The van der Waals surface area contributed by atoms with E-state index in [4.69, 9.17) is 9.47 Å². The summed E-state index contributed by atoms with van der Waals surface area (Å²) in [6.07, 6.45) is -0.297. The summed E-state index contributed by atoms with van der Waals surface area (Å²) in [5.41, 5.74) is -0.443. The number of ether oxygens (including phenoxy) is 2. The van der Waals surface area contributed by atoms with Crippen molar-refractivity contribution >= 4 is 6.09 Å². The van der Waals surface area contributed by atoms with Crippen molar-refractivity contribution in [1.82, 2.24) is 4.90 Å². The molecular formula is C10H21NO3. The molecule has 0 N–H and O–H groups in total. The molecule has 0 fully saturated rings. The van der Waals surface area contributed by atoms with E-state index in [0.29, 0.717) is 6.54 Å². The molecule has 0 aliphatic heterocycles. The predicted molar refractivity (Wildman–Crippen MR) is 55.3 cm³/mol. The largest absolute Gasteiger partial charge is 0.444 e. The first-order valence-electron chi connectivity index (χ1n) is 4.73. The van der Waals surface area contributed by atoms with Crippen molar-refractivity contribution in [1.29, 1.82) is 0 Å². The standard InChI is InChI=1S/C10H21NO3/c1-8(13-6)7-11(5)9(12)14-10(2,3)4/h8H,7H2,1-6H3/t8-/m1/s1. The average Bonchev–Trinajstić information content (AvgIpc) is 2.00. The van der Waals surface area contributed by atoms with Gasteiger partial charge in [-0.3, -0.25) is 0 Å². The summed E-state index contributed by atoms with van der Waals surface area (Å²) in [6, 6.07) is 0. The molecule has 14 heavy (non-hydrogen) atoms. The second-order valence-corrected chi connectivity index (χ2v) is 4.41. The van der Waals surface area contributed by atoms with E-state index in [2.05, 4.69) is 0 Å². The lowest BCUT2D eigenvalue weighted by atomic mass is 10.2. The maximum atomic E-state index is 11.5. The number of carbonyl (C=O) groups is 1. The van der Waals surface area contributed by atoms with Crippen molar-refractivity contribution in [2.75, 3.05) is 20.7 Å². The number of likely N-dealkylation sites (N-methyl/N-ethyl adjacent to an activating group) is 1. The van der Waals surface area contributed by atoms with E-state index in [-0.39, 0.29) is 12.2 Å². The first-order valence-corrected chi connectivity index (χ1v) is 4.73. The molecule has 0 spiro atoms. The highest BCUT2D eigenvalue weighted by Gasteiger charge is 2.20. The Bertz CT molecular complexity index is 186. The molecule has 1 atom stereocenters. The maximum absolute atomic E-state index is 11.5. The van der Waals surface area contributed by atoms with Gasteiger partial charge in [0.2, 0.25) is 0 Å². The minimum Gasteiger partial charge on any atom is -0.444 e. The Hall–Kier alpha value is -0.770. The molecular weight excluding hydrogens is 182 g/mol. The van der Waals surface area contributed by atoms with Crippen LogP contribution in [0.25, 0.3) is 0 Å². The van der Waals surface area contributed by atoms with Gasteiger partial charge in [0.25, 0.3) is 0 Å². The molecule has 4 nitrogen and oxygen atoms in total. The SMILES string of the molecule is CO[C@H](C)CN(C)C(=O)OC(C)(C)C. The number of amides is 1. The third-order valence-corrected chi connectivity index (χ3v) is 1.64. The molecule has 0 aromatic rings. The van der Waals surface area contributed by atoms with Gasteiger partial charge in [0.15, 0.2) is 0 Å². The van der Waals surface area contributed by atoms with Gasteiger partial charge in [-0.2, -0.15) is 0 Å². The Morgan fingerprint density at radius 3 is 2.29 bits per heavy atom. The zero-order chi connectivity index (χ0) is 11.4. The Morgan fingerprint density at radius 2 is 1.93 bits per heavy atom. The number of rotatable bonds is 3. The monoisotopic (exact) mass is 203 g/mol. The Morgan fingerprint density at radius 1 is 1.43 bits per heavy atom. The molecule has 0 aliphatic rings. The first-order chi connectivity index (χ1) is 6.26. The van der Waals surface area contributed by atoms with Crippen LogP contribution in [0.3, 0.4) is 0 Å². The fraction of sp³-hybridized carbons (Fsp3) is 0.900. The van der Waals surface area contributed by atoms with Gasteiger partial charge in [0, 0.05) is 20.7 Å². The summed E-state index contributed by atoms with van der Waals surface area (Å²) >= 11 is 0. The molecule has 0 aromatic carbocycles. The molecule has 0 rings (SSSR count). The van der Waals surface area contributed by atoms with Crippen molar-refractivity contribution in [3.05, 3.63) is 0 Å². The van der Waals surface area contributed by atoms with Crippen LogP contribution < -0.4 is 0 Å². The summed E-state index contributed by atoms with van der Waals surface area (Å²) in [6.45, 7) is 7.97. The van der Waals surface area contributed by atoms with E-state index in [1.807, 2.05) is 27.7 Å². The first kappa shape index (κ1) is 13.2. The summed E-state index contributed by atoms with van der Waals surface area (Å²) in [5.74, 6) is 0. The topological polar surface area (TPSA) is 38.8 Å². The maximum Gasteiger partial charge on any atom is 0.410 e. The zero-order valence-electron chi connectivity index (χ0n) is 9.96. The van der Waals surface area contributed by atoms with Gasteiger partial charge in [-0.05, 0) is 27.7 Å². The van der Waals surface area contributed by atoms with Gasteiger partial charge in [0.05, 0.1) is 6.10 Å². The van der Waals surface area contributed by atoms with Gasteiger partial charge >= 0.3 is 6.09 Å². The fourth-order valence-electron chi connectivity index (χ4n) is 0.875. The lowest BCUT2D eigenvalue weighted by Crippen LogP contribution is -2.38. The van der Waals surface area contributed by atoms with Crippen molar-refractivity contribution in [3.8, 4) is 0 Å². The smallest absolute Gasteiger partial charge is 0.410 e. The molecule has 1 amide bonds. The van der Waals surface area contributed by atoms with Crippen molar-refractivity contribution < 1.29 is 14.3 Å². The molecule has 0 aliphatic carbocycles. The van der Waals surface area contributed by atoms with Crippen LogP contribution in [0.4, 0.5) is 4.79 Å². The quantitative estimate of drug-likeness (QED) is 0.703. The second-order valence-electron chi connectivity index (χ2n) is 4.41. The lowest BCUT2D eigenvalue weighted by Gasteiger charge is -2.26. The van der Waals surface area contributed by atoms with Crippen LogP contribution >= 0.6 is 0 Å². The van der Waals surface area contributed by atoms with Crippen LogP contribution in [-0.4, -0.2) is 43.4 Å². The summed E-state index contributed by atoms with van der Waals surface area (Å²) in [4.78, 5) is 13.0. The van der Waals surface area contributed by atoms with Crippen molar-refractivity contribution in [2.45, 2.75) is 39.4 Å². The summed E-state index contributed by atoms with van der Waals surface area (Å²) in [7, 11) is 3.32. The molecule has 4 heteroatoms. The van der Waals surface area contributed by atoms with Gasteiger partial charge < -0.3 is 14.4 Å². The van der Waals surface area contributed by atoms with E-state index >= 15 is 0 Å². The fourth-order valence-corrected chi connectivity index (χ4v) is 0.875. The molecule has 0 aromatic heterocycles. The number of methoxy groups -OCH3 is 1. The predicted octanol–water partition coefficient (Wildman–Crippen LogP) is 1.89. The average molecular weight is 203 g/mol. The van der Waals surface area contributed by atoms with Crippen LogP contribution in [0.2, 0.25) is 0 Å². The van der Waals surface area contributed by atoms with Crippen LogP contribution in [0, 0.1) is 0 Å². The number of nitrogens with zero attached hydrogens (tertiary/aromatic N) is 1. The molecule has 84 valence electrons. The molecule has 0 unspecified atom stereocenters. The number of hydrogen-bond donors (Lipinski definition) is 0. The third kappa shape index (κ3) is 5.80. The molecule has 0 heterocycles. The molecule has 0 radical (unpaired) electrons. The normalized spacial score (nSPS) is 13.6. The summed E-state index contributed by atoms with van der Waals surface area (Å²) in [5, 5.41) is 0. The van der Waals surface area contributed by atoms with Crippen LogP contribution in [0.5, 0.6) is 0 Å². The van der Waals surface area contributed by atoms with Gasteiger partial charge in [-0.25, -0.2) is 4.79 Å². The lowest BCUT2D eigenvalue weighted by molar-refractivity contribution is 0.0172. The number of carbonyl (C=O) groups excluding carboxylic acids is 1. The Labute approximate surface area is 86.2 Å². The second kappa shape index (κ2) is 5.20. The van der Waals surface area contributed by atoms with Gasteiger partial charge in [-0.15, -0.1) is 0 Å². The van der Waals surface area contributed by atoms with E-state index in [1.54, 1.807) is 14.2 Å². The van der Waals surface area contributed by atoms with E-state index in [1.165, 1.54) is 4.90 Å². The number of hydrogen-bond acceptors (Lipinski definition) is 3. The molecule has 0 bridgehead atoms. The zero-order valence-corrected chi connectivity index (χ0v) is 9.96. The van der Waals surface area contributed by atoms with Crippen LogP contribution in [0.15, 0.2) is 0 Å². The highest BCUT2D eigenvalue weighted by Crippen LogP contribution is 2.09. The Kier molecular flexibility index (Phi) is 4.91. The van der Waals surface area contributed by atoms with E-state index < -0.39 is 5.60 Å². The van der Waals surface area contributed by atoms with Crippen molar-refractivity contribution in [3.63, 3.8) is 0 Å². The van der Waals surface area contributed by atoms with Gasteiger partial charge in [0.1, 0.15) is 5.60 Å². The Balaban J connectivity index is 4.00. The van der Waals surface area contributed by atoms with E-state index in [9.17, 15) is 4.79 Å². The molecule has 0 saturated carbocycles. The highest BCUT2D eigenvalue weighted by molar-refractivity contribution is 5.67. The van der Waals surface area contributed by atoms with Gasteiger partial charge in [-0.1, -0.05) is 0 Å². The van der Waals surface area contributed by atoms with E-state index in [0.717, 1.165) is 0 Å². The third-order valence-electron chi connectivity index (χ3n) is 1.64. The highest BCUT2D eigenvalue weighted by atomic mass is 16.6. The summed E-state index contributed by atoms with van der Waals surface area (Å²) < 4.78 is 10.2. The minimum absolute atomic E-state index is 0.0209. The molecule has 0 saturated heterocycles.